The zero-order chi connectivity index (χ0) is 38.0. The highest BCUT2D eigenvalue weighted by atomic mass is 16.6. The van der Waals surface area contributed by atoms with Gasteiger partial charge in [0.15, 0.2) is 5.60 Å². The molecular weight excluding hydrogens is 683 g/mol. The molecule has 3 N–H and O–H groups in total. The van der Waals surface area contributed by atoms with Gasteiger partial charge in [0, 0.05) is 54.3 Å². The molecule has 298 valence electrons. The van der Waals surface area contributed by atoms with Crippen molar-refractivity contribution in [3.05, 3.63) is 58.4 Å². The molecule has 7 nitrogen and oxygen atoms in total. The lowest BCUT2D eigenvalue weighted by atomic mass is 9.31. The van der Waals surface area contributed by atoms with Crippen LogP contribution < -0.4 is 10.6 Å². The highest BCUT2D eigenvalue weighted by Gasteiger charge is 2.91. The van der Waals surface area contributed by atoms with Gasteiger partial charge in [0.25, 0.3) is 0 Å². The molecule has 6 fully saturated rings. The van der Waals surface area contributed by atoms with Crippen molar-refractivity contribution in [2.24, 2.45) is 63.9 Å². The number of aryl methyl sites for hydroxylation is 1. The van der Waals surface area contributed by atoms with Crippen molar-refractivity contribution in [2.75, 3.05) is 26.2 Å². The number of hydrogen-bond acceptors (Lipinski definition) is 6. The van der Waals surface area contributed by atoms with Crippen molar-refractivity contribution in [1.29, 1.82) is 0 Å². The van der Waals surface area contributed by atoms with Crippen molar-refractivity contribution in [3.63, 3.8) is 0 Å². The number of nitrogens with zero attached hydrogens (tertiary/aromatic N) is 1. The highest BCUT2D eigenvalue weighted by molar-refractivity contribution is 5.99. The van der Waals surface area contributed by atoms with E-state index in [0.29, 0.717) is 54.3 Å². The number of hydrogen-bond donors (Lipinski definition) is 2. The van der Waals surface area contributed by atoms with E-state index in [1.807, 2.05) is 4.90 Å². The minimum Gasteiger partial charge on any atom is -0.449 e. The molecule has 0 amide bonds. The summed E-state index contributed by atoms with van der Waals surface area (Å²) in [6, 6.07) is 8.08. The van der Waals surface area contributed by atoms with Gasteiger partial charge in [0.2, 0.25) is 0 Å². The van der Waals surface area contributed by atoms with Crippen LogP contribution in [0.2, 0.25) is 0 Å². The Labute approximate surface area is 330 Å². The lowest BCUT2D eigenvalue weighted by Gasteiger charge is -2.69. The van der Waals surface area contributed by atoms with E-state index in [-0.39, 0.29) is 17.9 Å². The molecule has 10 aliphatic heterocycles. The third kappa shape index (κ3) is 5.03. The maximum atomic E-state index is 15.4. The van der Waals surface area contributed by atoms with Crippen LogP contribution in [-0.2, 0) is 26.3 Å². The van der Waals surface area contributed by atoms with Crippen LogP contribution in [0.5, 0.6) is 0 Å². The van der Waals surface area contributed by atoms with Crippen LogP contribution in [0.25, 0.3) is 0 Å². The normalized spacial score (nSPS) is 45.3. The summed E-state index contributed by atoms with van der Waals surface area (Å²) in [6.07, 6.45) is 18.9. The predicted molar refractivity (Wildman–Crippen MR) is 214 cm³/mol. The molecular formula is C48H68N3O4+. The first-order valence-corrected chi connectivity index (χ1v) is 22.8. The van der Waals surface area contributed by atoms with Gasteiger partial charge < -0.3 is 20.1 Å². The second kappa shape index (κ2) is 13.3. The number of piperidine rings is 3. The molecule has 10 heterocycles. The fraction of sp³-hybridized carbons (Fsp3) is 0.750. The quantitative estimate of drug-likeness (QED) is 0.220. The van der Waals surface area contributed by atoms with Gasteiger partial charge in [-0.15, -0.1) is 0 Å². The first kappa shape index (κ1) is 36.8. The summed E-state index contributed by atoms with van der Waals surface area (Å²) in [5, 5.41) is 0. The van der Waals surface area contributed by atoms with Crippen molar-refractivity contribution in [3.8, 4) is 0 Å². The van der Waals surface area contributed by atoms with Crippen LogP contribution in [0.4, 0.5) is 0 Å². The van der Waals surface area contributed by atoms with Crippen molar-refractivity contribution in [2.45, 2.75) is 142 Å². The fourth-order valence-electron chi connectivity index (χ4n) is 15.3. The Morgan fingerprint density at radius 3 is 2.71 bits per heavy atom. The predicted octanol–water partition coefficient (Wildman–Crippen LogP) is 6.99. The maximum Gasteiger partial charge on any atom is 0.339 e. The second-order valence-electron chi connectivity index (χ2n) is 20.9. The van der Waals surface area contributed by atoms with E-state index in [1.54, 1.807) is 0 Å². The number of carbonyl (C=O) groups excluding carboxylic acids is 2. The third-order valence-corrected chi connectivity index (χ3v) is 17.6. The summed E-state index contributed by atoms with van der Waals surface area (Å²) in [5.41, 5.74) is 7.81. The van der Waals surface area contributed by atoms with Gasteiger partial charge in [0.1, 0.15) is 11.2 Å². The zero-order valence-electron chi connectivity index (χ0n) is 34.4. The van der Waals surface area contributed by atoms with Crippen LogP contribution >= 0.6 is 0 Å². The standard InChI is InChI=1S/C48H67N3O4/c1-28(2)11-12-30(4)21-41-46-24-35-17-18-47(46,48(41)38-10-6-8-33(9-7-19-49)43(38)44(52)55-48)42(54-45(46)53)23-34-14-16-39-36-22-32(26-51(39)31(34)5)25-50(27-36)40-15-13-29(3)20-37(35)40/h6,8,10,23-24,28-32,34,36-37,39-41H,7,9,11-22,25-27,49H2,1-5H3/p+1/t29-,30+,31+,32-,34-,36-,37?,39+,40?,41+,46+,47-,48-/m1/s1. The molecule has 55 heavy (non-hydrogen) atoms. The molecule has 0 aromatic heterocycles. The minimum atomic E-state index is -0.940. The highest BCUT2D eigenvalue weighted by Crippen LogP contribution is 2.85. The summed E-state index contributed by atoms with van der Waals surface area (Å²) in [7, 11) is 0. The number of fused-ring (bicyclic) bond motifs is 2. The van der Waals surface area contributed by atoms with Crippen LogP contribution in [-0.4, -0.2) is 61.1 Å². The minimum absolute atomic E-state index is 0.0744. The third-order valence-electron chi connectivity index (χ3n) is 17.6. The molecule has 10 bridgehead atoms. The number of esters is 2. The van der Waals surface area contributed by atoms with Crippen LogP contribution in [0.15, 0.2) is 41.7 Å². The van der Waals surface area contributed by atoms with Gasteiger partial charge in [-0.1, -0.05) is 70.4 Å². The van der Waals surface area contributed by atoms with E-state index >= 15 is 4.79 Å². The fourth-order valence-corrected chi connectivity index (χ4v) is 15.3. The molecule has 2 spiro atoms. The maximum absolute atomic E-state index is 15.4. The molecule has 4 unspecified atom stereocenters. The number of nitrogens with one attached hydrogen (secondary N) is 1. The number of benzene rings is 1. The average Bonchev–Trinajstić information content (AvgIpc) is 3.61. The molecule has 7 heteroatoms. The summed E-state index contributed by atoms with van der Waals surface area (Å²) < 4.78 is 14.0. The number of ether oxygens (including phenoxy) is 2. The molecule has 1 aromatic carbocycles. The molecule has 2 saturated carbocycles. The topological polar surface area (TPSA) is 86.3 Å². The molecule has 13 aliphatic rings. The molecule has 0 radical (unpaired) electrons. The zero-order valence-corrected chi connectivity index (χ0v) is 34.4. The number of carbonyl (C=O) groups is 2. The summed E-state index contributed by atoms with van der Waals surface area (Å²) in [5.74, 6) is 4.35. The van der Waals surface area contributed by atoms with E-state index in [4.69, 9.17) is 15.2 Å². The van der Waals surface area contributed by atoms with E-state index in [2.05, 4.69) is 69.9 Å². The number of quaternary nitrogens is 1. The van der Waals surface area contributed by atoms with Gasteiger partial charge in [-0.05, 0) is 113 Å². The Kier molecular flexibility index (Phi) is 8.89. The summed E-state index contributed by atoms with van der Waals surface area (Å²) >= 11 is 0. The van der Waals surface area contributed by atoms with Crippen LogP contribution in [0, 0.1) is 58.2 Å². The van der Waals surface area contributed by atoms with Crippen molar-refractivity contribution < 1.29 is 24.0 Å². The van der Waals surface area contributed by atoms with E-state index in [0.717, 1.165) is 85.7 Å². The Hall–Kier alpha value is -2.48. The molecule has 15 atom stereocenters. The first-order chi connectivity index (χ1) is 26.5. The Balaban J connectivity index is 1.20. The summed E-state index contributed by atoms with van der Waals surface area (Å²) in [4.78, 5) is 34.8. The van der Waals surface area contributed by atoms with Gasteiger partial charge in [-0.2, -0.15) is 0 Å². The lowest BCUT2D eigenvalue weighted by molar-refractivity contribution is -0.943. The monoisotopic (exact) mass is 751 g/mol. The second-order valence-corrected chi connectivity index (χ2v) is 20.9. The summed E-state index contributed by atoms with van der Waals surface area (Å²) in [6.45, 7) is 16.3. The smallest absolute Gasteiger partial charge is 0.339 e. The largest absolute Gasteiger partial charge is 0.449 e. The average molecular weight is 751 g/mol. The van der Waals surface area contributed by atoms with Gasteiger partial charge in [0.05, 0.1) is 30.1 Å². The SMILES string of the molecule is CC(C)CC[C@H](C)C[C@@H]1[C@@]2(OC(=O)c3c(CCCN)cccc32)[C@@]23CCC4=C[C@@]12C(=O)OC3=C[C@H]1CC[C@H]2[C@@H]3C[C@@H](CN2[C@H]1C)C[NH+](C3)C1CC[C@@H](C)CC41. The van der Waals surface area contributed by atoms with Gasteiger partial charge in [-0.3, -0.25) is 9.69 Å². The Bertz CT molecular complexity index is 1800. The Morgan fingerprint density at radius 1 is 1.04 bits per heavy atom. The number of nitrogens with two attached hydrogens (primary N) is 1. The number of rotatable bonds is 8. The van der Waals surface area contributed by atoms with Crippen molar-refractivity contribution >= 4 is 11.9 Å². The lowest BCUT2D eigenvalue weighted by Crippen LogP contribution is -3.19. The van der Waals surface area contributed by atoms with Gasteiger partial charge in [-0.25, -0.2) is 4.79 Å². The molecule has 4 saturated heterocycles. The van der Waals surface area contributed by atoms with E-state index < -0.39 is 16.4 Å². The molecule has 14 rings (SSSR count). The van der Waals surface area contributed by atoms with Crippen LogP contribution in [0.3, 0.4) is 0 Å². The van der Waals surface area contributed by atoms with Gasteiger partial charge >= 0.3 is 11.9 Å². The first-order valence-electron chi connectivity index (χ1n) is 22.8. The van der Waals surface area contributed by atoms with E-state index in [9.17, 15) is 4.79 Å². The van der Waals surface area contributed by atoms with E-state index in [1.165, 1.54) is 57.3 Å². The Morgan fingerprint density at radius 2 is 1.89 bits per heavy atom. The molecule has 1 aromatic rings. The molecule has 3 aliphatic carbocycles. The van der Waals surface area contributed by atoms with Crippen molar-refractivity contribution in [1.82, 2.24) is 4.90 Å². The van der Waals surface area contributed by atoms with Crippen LogP contribution in [0.1, 0.15) is 133 Å².